The molecule has 1 atom stereocenters. The molecule has 0 spiro atoms. The Morgan fingerprint density at radius 1 is 1.64 bits per heavy atom. The first kappa shape index (κ1) is 11.2. The second kappa shape index (κ2) is 4.59. The molecule has 0 bridgehead atoms. The zero-order valence-corrected chi connectivity index (χ0v) is 10.0. The van der Waals surface area contributed by atoms with Crippen LogP contribution in [0.15, 0.2) is 4.42 Å². The third kappa shape index (κ3) is 2.83. The molecule has 1 aromatic heterocycles. The van der Waals surface area contributed by atoms with E-state index in [2.05, 4.69) is 26.2 Å². The van der Waals surface area contributed by atoms with Gasteiger partial charge in [-0.3, -0.25) is 4.79 Å². The highest BCUT2D eigenvalue weighted by molar-refractivity contribution is 9.10. The Kier molecular flexibility index (Phi) is 3.69. The number of amides is 1. The minimum Gasteiger partial charge on any atom is -0.444 e. The number of aromatic nitrogens is 1. The van der Waals surface area contributed by atoms with Gasteiger partial charge in [-0.1, -0.05) is 15.9 Å². The molecule has 1 unspecified atom stereocenters. The summed E-state index contributed by atoms with van der Waals surface area (Å²) in [5, 5.41) is 2.73. The van der Waals surface area contributed by atoms with Gasteiger partial charge in [0.15, 0.2) is 5.89 Å². The van der Waals surface area contributed by atoms with E-state index in [9.17, 15) is 4.79 Å². The molecular weight excluding hydrogens is 248 g/mol. The summed E-state index contributed by atoms with van der Waals surface area (Å²) in [4.78, 5) is 15.1. The van der Waals surface area contributed by atoms with Gasteiger partial charge in [0.1, 0.15) is 5.76 Å². The van der Waals surface area contributed by atoms with Crippen molar-refractivity contribution in [2.75, 3.05) is 0 Å². The molecule has 5 heteroatoms. The summed E-state index contributed by atoms with van der Waals surface area (Å²) in [6.45, 7) is 5.80. The summed E-state index contributed by atoms with van der Waals surface area (Å²) in [6.07, 6.45) is 0. The number of carbonyl (C=O) groups is 1. The van der Waals surface area contributed by atoms with Crippen LogP contribution in [-0.2, 0) is 11.3 Å². The minimum absolute atomic E-state index is 0.0570. The summed E-state index contributed by atoms with van der Waals surface area (Å²) < 4.78 is 5.30. The largest absolute Gasteiger partial charge is 0.444 e. The van der Waals surface area contributed by atoms with E-state index in [0.717, 1.165) is 5.69 Å². The van der Waals surface area contributed by atoms with E-state index in [1.54, 1.807) is 13.8 Å². The molecule has 0 fully saturated rings. The summed E-state index contributed by atoms with van der Waals surface area (Å²) >= 11 is 3.18. The molecule has 0 aliphatic heterocycles. The lowest BCUT2D eigenvalue weighted by molar-refractivity contribution is -0.120. The Bertz CT molecular complexity index is 334. The van der Waals surface area contributed by atoms with Gasteiger partial charge >= 0.3 is 0 Å². The molecule has 1 amide bonds. The Morgan fingerprint density at radius 3 is 2.71 bits per heavy atom. The van der Waals surface area contributed by atoms with Crippen molar-refractivity contribution in [2.24, 2.45) is 0 Å². The van der Waals surface area contributed by atoms with Crippen LogP contribution in [0.3, 0.4) is 0 Å². The second-order valence-corrected chi connectivity index (χ2v) is 4.45. The van der Waals surface area contributed by atoms with Gasteiger partial charge in [0.25, 0.3) is 0 Å². The maximum Gasteiger partial charge on any atom is 0.233 e. The number of hydrogen-bond acceptors (Lipinski definition) is 3. The first-order valence-corrected chi connectivity index (χ1v) is 5.27. The van der Waals surface area contributed by atoms with E-state index in [-0.39, 0.29) is 10.7 Å². The fraction of sp³-hybridized carbons (Fsp3) is 0.556. The van der Waals surface area contributed by atoms with Crippen LogP contribution in [0.1, 0.15) is 24.3 Å². The normalized spacial score (nSPS) is 12.6. The standard InChI is InChI=1S/C9H13BrN2O2/c1-5(10)9(13)11-4-8-6(2)12-7(3)14-8/h5H,4H2,1-3H3,(H,11,13). The fourth-order valence-electron chi connectivity index (χ4n) is 1.05. The van der Waals surface area contributed by atoms with E-state index in [0.29, 0.717) is 18.2 Å². The third-order valence-electron chi connectivity index (χ3n) is 1.78. The van der Waals surface area contributed by atoms with E-state index >= 15 is 0 Å². The molecular formula is C9H13BrN2O2. The fourth-order valence-corrected chi connectivity index (χ4v) is 1.21. The number of alkyl halides is 1. The molecule has 1 aromatic rings. The van der Waals surface area contributed by atoms with E-state index in [4.69, 9.17) is 4.42 Å². The molecule has 0 aromatic carbocycles. The summed E-state index contributed by atoms with van der Waals surface area (Å²) in [6, 6.07) is 0. The van der Waals surface area contributed by atoms with Gasteiger partial charge in [-0.15, -0.1) is 0 Å². The first-order valence-electron chi connectivity index (χ1n) is 4.35. The Morgan fingerprint density at radius 2 is 2.29 bits per heavy atom. The highest BCUT2D eigenvalue weighted by Gasteiger charge is 2.11. The minimum atomic E-state index is -0.188. The molecule has 1 heterocycles. The molecule has 1 rings (SSSR count). The predicted octanol–water partition coefficient (Wildman–Crippen LogP) is 1.69. The van der Waals surface area contributed by atoms with Crippen molar-refractivity contribution in [3.63, 3.8) is 0 Å². The van der Waals surface area contributed by atoms with E-state index in [1.807, 2.05) is 6.92 Å². The monoisotopic (exact) mass is 260 g/mol. The number of carbonyl (C=O) groups excluding carboxylic acids is 1. The lowest BCUT2D eigenvalue weighted by Gasteiger charge is -2.04. The molecule has 4 nitrogen and oxygen atoms in total. The van der Waals surface area contributed by atoms with Gasteiger partial charge in [-0.05, 0) is 13.8 Å². The molecule has 78 valence electrons. The Hall–Kier alpha value is -0.840. The smallest absolute Gasteiger partial charge is 0.233 e. The SMILES string of the molecule is Cc1nc(C)c(CNC(=O)C(C)Br)o1. The van der Waals surface area contributed by atoms with Crippen LogP contribution in [0.5, 0.6) is 0 Å². The third-order valence-corrected chi connectivity index (χ3v) is 2.20. The van der Waals surface area contributed by atoms with Gasteiger partial charge in [0, 0.05) is 6.92 Å². The van der Waals surface area contributed by atoms with Crippen molar-refractivity contribution in [3.8, 4) is 0 Å². The predicted molar refractivity (Wildman–Crippen MR) is 56.2 cm³/mol. The number of aryl methyl sites for hydroxylation is 2. The van der Waals surface area contributed by atoms with Crippen molar-refractivity contribution in [2.45, 2.75) is 32.1 Å². The topological polar surface area (TPSA) is 55.1 Å². The molecule has 0 radical (unpaired) electrons. The van der Waals surface area contributed by atoms with Crippen LogP contribution in [-0.4, -0.2) is 15.7 Å². The lowest BCUT2D eigenvalue weighted by atomic mass is 10.3. The molecule has 0 saturated carbocycles. The first-order chi connectivity index (χ1) is 6.50. The quantitative estimate of drug-likeness (QED) is 0.842. The number of hydrogen-bond donors (Lipinski definition) is 1. The maximum absolute atomic E-state index is 11.2. The van der Waals surface area contributed by atoms with Crippen molar-refractivity contribution in [1.82, 2.24) is 10.3 Å². The Labute approximate surface area is 91.2 Å². The van der Waals surface area contributed by atoms with Crippen molar-refractivity contribution >= 4 is 21.8 Å². The highest BCUT2D eigenvalue weighted by Crippen LogP contribution is 2.08. The molecule has 0 saturated heterocycles. The van der Waals surface area contributed by atoms with E-state index in [1.165, 1.54) is 0 Å². The number of halogens is 1. The van der Waals surface area contributed by atoms with Crippen molar-refractivity contribution < 1.29 is 9.21 Å². The zero-order valence-electron chi connectivity index (χ0n) is 8.43. The van der Waals surface area contributed by atoms with Crippen LogP contribution >= 0.6 is 15.9 Å². The number of oxazole rings is 1. The maximum atomic E-state index is 11.2. The highest BCUT2D eigenvalue weighted by atomic mass is 79.9. The zero-order chi connectivity index (χ0) is 10.7. The molecule has 14 heavy (non-hydrogen) atoms. The van der Waals surface area contributed by atoms with Crippen LogP contribution in [0.25, 0.3) is 0 Å². The van der Waals surface area contributed by atoms with Gasteiger partial charge < -0.3 is 9.73 Å². The average Bonchev–Trinajstić information content (AvgIpc) is 2.40. The Balaban J connectivity index is 2.54. The van der Waals surface area contributed by atoms with Crippen LogP contribution < -0.4 is 5.32 Å². The van der Waals surface area contributed by atoms with Gasteiger partial charge in [0.2, 0.25) is 5.91 Å². The number of rotatable bonds is 3. The lowest BCUT2D eigenvalue weighted by Crippen LogP contribution is -2.28. The molecule has 1 N–H and O–H groups in total. The van der Waals surface area contributed by atoms with Crippen LogP contribution in [0.2, 0.25) is 0 Å². The van der Waals surface area contributed by atoms with Gasteiger partial charge in [0.05, 0.1) is 17.1 Å². The van der Waals surface area contributed by atoms with Crippen LogP contribution in [0.4, 0.5) is 0 Å². The summed E-state index contributed by atoms with van der Waals surface area (Å²) in [7, 11) is 0. The summed E-state index contributed by atoms with van der Waals surface area (Å²) in [5.41, 5.74) is 0.824. The molecule has 0 aliphatic rings. The summed E-state index contributed by atoms with van der Waals surface area (Å²) in [5.74, 6) is 1.28. The van der Waals surface area contributed by atoms with Crippen molar-refractivity contribution in [1.29, 1.82) is 0 Å². The number of nitrogens with one attached hydrogen (secondary N) is 1. The van der Waals surface area contributed by atoms with E-state index < -0.39 is 0 Å². The van der Waals surface area contributed by atoms with Crippen molar-refractivity contribution in [3.05, 3.63) is 17.3 Å². The second-order valence-electron chi connectivity index (χ2n) is 3.08. The molecule has 0 aliphatic carbocycles. The van der Waals surface area contributed by atoms with Gasteiger partial charge in [-0.25, -0.2) is 4.98 Å². The van der Waals surface area contributed by atoms with Gasteiger partial charge in [-0.2, -0.15) is 0 Å². The van der Waals surface area contributed by atoms with Crippen LogP contribution in [0, 0.1) is 13.8 Å². The average molecular weight is 261 g/mol. The number of nitrogens with zero attached hydrogens (tertiary/aromatic N) is 1.